The van der Waals surface area contributed by atoms with Crippen LogP contribution in [0.25, 0.3) is 83.4 Å². The monoisotopic (exact) mass is 600 g/mol. The minimum Gasteiger partial charge on any atom is -0.315 e. The summed E-state index contributed by atoms with van der Waals surface area (Å²) in [6.07, 6.45) is 2.06. The zero-order chi connectivity index (χ0) is 31.2. The lowest BCUT2D eigenvalue weighted by Crippen LogP contribution is -1.98. The molecule has 9 rings (SSSR count). The van der Waals surface area contributed by atoms with E-state index in [-0.39, 0.29) is 0 Å². The lowest BCUT2D eigenvalue weighted by molar-refractivity contribution is 1.12. The van der Waals surface area contributed by atoms with Gasteiger partial charge in [-0.25, -0.2) is 15.0 Å². The average Bonchev–Trinajstić information content (AvgIpc) is 3.59. The van der Waals surface area contributed by atoms with E-state index in [0.717, 1.165) is 50.3 Å². The molecule has 0 aliphatic rings. The fourth-order valence-electron chi connectivity index (χ4n) is 6.54. The van der Waals surface area contributed by atoms with Gasteiger partial charge in [0.05, 0.1) is 22.4 Å². The Balaban J connectivity index is 1.23. The van der Waals surface area contributed by atoms with Crippen LogP contribution in [0, 0.1) is 0 Å². The zero-order valence-electron chi connectivity index (χ0n) is 25.5. The summed E-state index contributed by atoms with van der Waals surface area (Å²) in [4.78, 5) is 15.4. The van der Waals surface area contributed by atoms with E-state index in [1.807, 2.05) is 30.3 Å². The molecule has 0 fully saturated rings. The molecule has 0 aliphatic carbocycles. The first-order chi connectivity index (χ1) is 23.3. The van der Waals surface area contributed by atoms with Gasteiger partial charge in [-0.3, -0.25) is 0 Å². The number of hydrogen-bond acceptors (Lipinski definition) is 3. The molecule has 47 heavy (non-hydrogen) atoms. The van der Waals surface area contributed by atoms with Crippen molar-refractivity contribution >= 4 is 32.6 Å². The molecular weight excluding hydrogens is 573 g/mol. The number of benzene rings is 6. The first-order valence-electron chi connectivity index (χ1n) is 15.8. The number of fused-ring (bicyclic) bond motifs is 4. The topological polar surface area (TPSA) is 43.6 Å². The summed E-state index contributed by atoms with van der Waals surface area (Å²) >= 11 is 0. The highest BCUT2D eigenvalue weighted by atomic mass is 15.0. The van der Waals surface area contributed by atoms with Crippen molar-refractivity contribution in [3.63, 3.8) is 0 Å². The number of aromatic nitrogens is 4. The summed E-state index contributed by atoms with van der Waals surface area (Å²) in [6.45, 7) is 0. The van der Waals surface area contributed by atoms with E-state index < -0.39 is 0 Å². The molecule has 0 saturated heterocycles. The van der Waals surface area contributed by atoms with Gasteiger partial charge in [0.15, 0.2) is 5.82 Å². The third-order valence-corrected chi connectivity index (χ3v) is 8.86. The molecule has 0 unspecified atom stereocenters. The Hall–Kier alpha value is -6.39. The number of rotatable bonds is 5. The largest absolute Gasteiger partial charge is 0.315 e. The van der Waals surface area contributed by atoms with Gasteiger partial charge in [-0.1, -0.05) is 121 Å². The Morgan fingerprint density at radius 1 is 0.404 bits per heavy atom. The van der Waals surface area contributed by atoms with Crippen LogP contribution in [0.4, 0.5) is 0 Å². The van der Waals surface area contributed by atoms with Crippen molar-refractivity contribution in [1.29, 1.82) is 0 Å². The fourth-order valence-corrected chi connectivity index (χ4v) is 6.54. The van der Waals surface area contributed by atoms with E-state index in [0.29, 0.717) is 5.82 Å². The van der Waals surface area contributed by atoms with Gasteiger partial charge in [0, 0.05) is 23.0 Å². The maximum absolute atomic E-state index is 5.21. The molecule has 0 spiro atoms. The molecule has 0 amide bonds. The summed E-state index contributed by atoms with van der Waals surface area (Å²) in [5.74, 6) is 0.594. The number of pyridine rings is 1. The number of nitrogens with zero attached hydrogens (tertiary/aromatic N) is 4. The Kier molecular flexibility index (Phi) is 6.43. The molecule has 9 aromatic rings. The SMILES string of the molecule is c1ccc(-c2ccc(-c3cc(-c4cc5ccccc5c5ccccc45)nc(-c4ccc5c(ccn5-c5ccccc5)n4)n3)cc2)cc1. The average molecular weight is 601 g/mol. The zero-order valence-corrected chi connectivity index (χ0v) is 25.5. The summed E-state index contributed by atoms with van der Waals surface area (Å²) in [7, 11) is 0. The second-order valence-corrected chi connectivity index (χ2v) is 11.7. The van der Waals surface area contributed by atoms with Crippen LogP contribution in [-0.2, 0) is 0 Å². The van der Waals surface area contributed by atoms with Crippen molar-refractivity contribution in [2.24, 2.45) is 0 Å². The Labute approximate surface area is 272 Å². The lowest BCUT2D eigenvalue weighted by atomic mass is 9.95. The van der Waals surface area contributed by atoms with Crippen LogP contribution in [0.5, 0.6) is 0 Å². The Bertz CT molecular complexity index is 2550. The Morgan fingerprint density at radius 3 is 1.85 bits per heavy atom. The van der Waals surface area contributed by atoms with Crippen LogP contribution in [-0.4, -0.2) is 19.5 Å². The smallest absolute Gasteiger partial charge is 0.179 e. The van der Waals surface area contributed by atoms with E-state index in [1.54, 1.807) is 0 Å². The maximum atomic E-state index is 5.21. The summed E-state index contributed by atoms with van der Waals surface area (Å²) < 4.78 is 2.16. The van der Waals surface area contributed by atoms with Crippen LogP contribution in [0.15, 0.2) is 170 Å². The van der Waals surface area contributed by atoms with Crippen molar-refractivity contribution in [2.45, 2.75) is 0 Å². The van der Waals surface area contributed by atoms with E-state index in [2.05, 4.69) is 144 Å². The molecule has 0 atom stereocenters. The van der Waals surface area contributed by atoms with Crippen LogP contribution in [0.3, 0.4) is 0 Å². The van der Waals surface area contributed by atoms with E-state index in [4.69, 9.17) is 15.0 Å². The van der Waals surface area contributed by atoms with Crippen LogP contribution < -0.4 is 0 Å². The van der Waals surface area contributed by atoms with Crippen LogP contribution >= 0.6 is 0 Å². The molecule has 0 radical (unpaired) electrons. The molecule has 0 aliphatic heterocycles. The molecule has 3 aromatic heterocycles. The maximum Gasteiger partial charge on any atom is 0.179 e. The predicted molar refractivity (Wildman–Crippen MR) is 193 cm³/mol. The van der Waals surface area contributed by atoms with E-state index in [1.165, 1.54) is 27.3 Å². The molecule has 4 heteroatoms. The molecule has 0 saturated carbocycles. The van der Waals surface area contributed by atoms with Gasteiger partial charge >= 0.3 is 0 Å². The second kappa shape index (κ2) is 11.2. The van der Waals surface area contributed by atoms with Crippen molar-refractivity contribution in [3.8, 4) is 50.8 Å². The van der Waals surface area contributed by atoms with Gasteiger partial charge in [-0.15, -0.1) is 0 Å². The number of hydrogen-bond donors (Lipinski definition) is 0. The third kappa shape index (κ3) is 4.84. The quantitative estimate of drug-likeness (QED) is 0.185. The molecule has 4 nitrogen and oxygen atoms in total. The highest BCUT2D eigenvalue weighted by Gasteiger charge is 2.16. The molecular formula is C43H28N4. The molecule has 220 valence electrons. The van der Waals surface area contributed by atoms with E-state index >= 15 is 0 Å². The van der Waals surface area contributed by atoms with Crippen molar-refractivity contribution < 1.29 is 0 Å². The second-order valence-electron chi connectivity index (χ2n) is 11.7. The number of para-hydroxylation sites is 1. The van der Waals surface area contributed by atoms with Gasteiger partial charge < -0.3 is 4.57 Å². The Morgan fingerprint density at radius 2 is 1.04 bits per heavy atom. The first kappa shape index (κ1) is 27.0. The first-order valence-corrected chi connectivity index (χ1v) is 15.8. The normalized spacial score (nSPS) is 11.4. The van der Waals surface area contributed by atoms with Gasteiger partial charge in [0.25, 0.3) is 0 Å². The van der Waals surface area contributed by atoms with E-state index in [9.17, 15) is 0 Å². The predicted octanol–water partition coefficient (Wildman–Crippen LogP) is 10.8. The highest BCUT2D eigenvalue weighted by Crippen LogP contribution is 2.36. The lowest BCUT2D eigenvalue weighted by Gasteiger charge is -2.13. The van der Waals surface area contributed by atoms with Crippen LogP contribution in [0.2, 0.25) is 0 Å². The fraction of sp³-hybridized carbons (Fsp3) is 0. The minimum absolute atomic E-state index is 0.594. The highest BCUT2D eigenvalue weighted by molar-refractivity contribution is 6.13. The van der Waals surface area contributed by atoms with Crippen molar-refractivity contribution in [1.82, 2.24) is 19.5 Å². The minimum atomic E-state index is 0.594. The summed E-state index contributed by atoms with van der Waals surface area (Å²) in [6, 6.07) is 57.1. The van der Waals surface area contributed by atoms with Crippen LogP contribution in [0.1, 0.15) is 0 Å². The summed E-state index contributed by atoms with van der Waals surface area (Å²) in [5, 5.41) is 4.77. The molecule has 3 heterocycles. The molecule has 6 aromatic carbocycles. The van der Waals surface area contributed by atoms with Gasteiger partial charge in [-0.05, 0) is 75.1 Å². The van der Waals surface area contributed by atoms with Crippen molar-refractivity contribution in [2.75, 3.05) is 0 Å². The van der Waals surface area contributed by atoms with Gasteiger partial charge in [-0.2, -0.15) is 0 Å². The van der Waals surface area contributed by atoms with Gasteiger partial charge in [0.2, 0.25) is 0 Å². The molecule has 0 bridgehead atoms. The standard InChI is InChI=1S/C43H28N4/c1-3-11-29(12-4-1)30-19-21-31(22-20-30)40-28-41(37-27-32-13-7-8-16-34(32)35-17-9-10-18-36(35)37)46-43(45-40)39-23-24-42-38(44-39)25-26-47(42)33-14-5-2-6-15-33/h1-28H. The van der Waals surface area contributed by atoms with Crippen molar-refractivity contribution in [3.05, 3.63) is 170 Å². The van der Waals surface area contributed by atoms with Gasteiger partial charge in [0.1, 0.15) is 5.69 Å². The molecule has 0 N–H and O–H groups in total. The third-order valence-electron chi connectivity index (χ3n) is 8.86. The summed E-state index contributed by atoms with van der Waals surface area (Å²) in [5.41, 5.74) is 9.92.